The molecule has 1 saturated heterocycles. The molecule has 0 radical (unpaired) electrons. The number of hydrogen-bond donors (Lipinski definition) is 1. The fourth-order valence-corrected chi connectivity index (χ4v) is 3.66. The van der Waals surface area contributed by atoms with E-state index in [1.807, 2.05) is 31.7 Å². The maximum absolute atomic E-state index is 14.8. The van der Waals surface area contributed by atoms with E-state index in [0.29, 0.717) is 31.6 Å². The van der Waals surface area contributed by atoms with Crippen molar-refractivity contribution in [3.63, 3.8) is 0 Å². The zero-order valence-corrected chi connectivity index (χ0v) is 17.0. The van der Waals surface area contributed by atoms with Gasteiger partial charge in [-0.3, -0.25) is 4.79 Å². The number of carbonyl (C=O) groups is 2. The first kappa shape index (κ1) is 20.4. The number of nitrogens with zero attached hydrogens (tertiary/aromatic N) is 1. The van der Waals surface area contributed by atoms with Crippen LogP contribution in [0.2, 0.25) is 0 Å². The first-order valence-electron chi connectivity index (χ1n) is 9.77. The molecule has 28 heavy (non-hydrogen) atoms. The number of rotatable bonds is 4. The summed E-state index contributed by atoms with van der Waals surface area (Å²) in [6, 6.07) is 5.12. The van der Waals surface area contributed by atoms with Gasteiger partial charge >= 0.3 is 12.1 Å². The molecule has 2 aliphatic rings. The maximum atomic E-state index is 14.8. The monoisotopic (exact) mass is 392 g/mol. The summed E-state index contributed by atoms with van der Waals surface area (Å²) in [6.45, 7) is 6.79. The number of esters is 1. The largest absolute Gasteiger partial charge is 0.460 e. The fourth-order valence-electron chi connectivity index (χ4n) is 3.66. The highest BCUT2D eigenvalue weighted by molar-refractivity contribution is 5.73. The fraction of sp³-hybridized carbons (Fsp3) is 0.619. The Kier molecular flexibility index (Phi) is 5.55. The molecule has 1 N–H and O–H groups in total. The summed E-state index contributed by atoms with van der Waals surface area (Å²) in [4.78, 5) is 25.7. The number of hydrogen-bond acceptors (Lipinski definition) is 5. The smallest absolute Gasteiger partial charge is 0.407 e. The van der Waals surface area contributed by atoms with E-state index in [2.05, 4.69) is 10.1 Å². The van der Waals surface area contributed by atoms with Crippen molar-refractivity contribution in [1.82, 2.24) is 5.32 Å². The third-order valence-electron chi connectivity index (χ3n) is 5.35. The highest BCUT2D eigenvalue weighted by Crippen LogP contribution is 2.46. The quantitative estimate of drug-likeness (QED) is 0.791. The van der Waals surface area contributed by atoms with E-state index in [1.54, 1.807) is 6.07 Å². The molecule has 1 saturated carbocycles. The predicted molar refractivity (Wildman–Crippen MR) is 104 cm³/mol. The molecule has 0 bridgehead atoms. The van der Waals surface area contributed by atoms with Crippen molar-refractivity contribution >= 4 is 17.7 Å². The molecule has 1 aliphatic heterocycles. The predicted octanol–water partition coefficient (Wildman–Crippen LogP) is 3.73. The molecule has 3 rings (SSSR count). The van der Waals surface area contributed by atoms with Crippen LogP contribution in [0.5, 0.6) is 0 Å². The Labute approximate surface area is 165 Å². The van der Waals surface area contributed by atoms with Gasteiger partial charge in [0.25, 0.3) is 0 Å². The molecule has 1 aromatic carbocycles. The Bertz CT molecular complexity index is 747. The van der Waals surface area contributed by atoms with E-state index in [-0.39, 0.29) is 17.7 Å². The van der Waals surface area contributed by atoms with Crippen molar-refractivity contribution in [1.29, 1.82) is 0 Å². The molecule has 6 nitrogen and oxygen atoms in total. The van der Waals surface area contributed by atoms with Gasteiger partial charge in [0, 0.05) is 13.1 Å². The van der Waals surface area contributed by atoms with Crippen molar-refractivity contribution in [2.24, 2.45) is 5.92 Å². The summed E-state index contributed by atoms with van der Waals surface area (Å²) in [5.41, 5.74) is 0.270. The van der Waals surface area contributed by atoms with Crippen LogP contribution < -0.4 is 10.2 Å². The van der Waals surface area contributed by atoms with Crippen molar-refractivity contribution in [3.8, 4) is 0 Å². The van der Waals surface area contributed by atoms with Gasteiger partial charge < -0.3 is 19.7 Å². The number of alkyl carbamates (subject to hydrolysis) is 1. The minimum atomic E-state index is -0.518. The number of nitrogens with one attached hydrogen (secondary N) is 1. The molecule has 0 aromatic heterocycles. The van der Waals surface area contributed by atoms with Crippen LogP contribution >= 0.6 is 0 Å². The summed E-state index contributed by atoms with van der Waals surface area (Å²) >= 11 is 0. The number of benzene rings is 1. The second-order valence-electron chi connectivity index (χ2n) is 8.66. The second-order valence-corrected chi connectivity index (χ2v) is 8.66. The minimum absolute atomic E-state index is 0.142. The Morgan fingerprint density at radius 1 is 1.21 bits per heavy atom. The number of ether oxygens (including phenoxy) is 2. The van der Waals surface area contributed by atoms with Crippen LogP contribution in [0.4, 0.5) is 14.9 Å². The molecule has 1 heterocycles. The molecular formula is C21H29FN2O4. The molecule has 2 fully saturated rings. The van der Waals surface area contributed by atoms with Gasteiger partial charge in [0.05, 0.1) is 24.3 Å². The van der Waals surface area contributed by atoms with Crippen LogP contribution in [0.3, 0.4) is 0 Å². The van der Waals surface area contributed by atoms with Gasteiger partial charge in [0.2, 0.25) is 0 Å². The van der Waals surface area contributed by atoms with Gasteiger partial charge in [-0.25, -0.2) is 9.18 Å². The number of halogens is 1. The van der Waals surface area contributed by atoms with Crippen molar-refractivity contribution in [2.75, 3.05) is 25.1 Å². The van der Waals surface area contributed by atoms with E-state index in [1.165, 1.54) is 13.2 Å². The van der Waals surface area contributed by atoms with Crippen molar-refractivity contribution < 1.29 is 23.5 Å². The number of methoxy groups -OCH3 is 1. The molecule has 1 amide bonds. The average molecular weight is 392 g/mol. The Hall–Kier alpha value is -2.31. The lowest BCUT2D eigenvalue weighted by molar-refractivity contribution is -0.160. The maximum Gasteiger partial charge on any atom is 0.407 e. The Balaban J connectivity index is 1.63. The van der Waals surface area contributed by atoms with Crippen LogP contribution in [0.25, 0.3) is 0 Å². The van der Waals surface area contributed by atoms with Crippen molar-refractivity contribution in [2.45, 2.75) is 57.6 Å². The van der Waals surface area contributed by atoms with Gasteiger partial charge in [0.15, 0.2) is 0 Å². The molecule has 0 atom stereocenters. The first-order valence-corrected chi connectivity index (χ1v) is 9.77. The summed E-state index contributed by atoms with van der Waals surface area (Å²) in [5.74, 6) is -0.629. The van der Waals surface area contributed by atoms with Crippen LogP contribution in [0.15, 0.2) is 18.2 Å². The highest BCUT2D eigenvalue weighted by atomic mass is 19.1. The number of amides is 1. The SMILES string of the molecule is COC(=O)NC1(c2ccc(N3CCC(C(=O)OC(C)(C)C)CC3)c(F)c2)CC1. The third kappa shape index (κ3) is 4.56. The van der Waals surface area contributed by atoms with Crippen LogP contribution in [0.1, 0.15) is 52.0 Å². The molecule has 1 aromatic rings. The zero-order chi connectivity index (χ0) is 20.5. The summed E-state index contributed by atoms with van der Waals surface area (Å²) in [7, 11) is 1.32. The van der Waals surface area contributed by atoms with Crippen molar-refractivity contribution in [3.05, 3.63) is 29.6 Å². The minimum Gasteiger partial charge on any atom is -0.460 e. The van der Waals surface area contributed by atoms with Crippen LogP contribution in [-0.2, 0) is 19.8 Å². The lowest BCUT2D eigenvalue weighted by atomic mass is 9.95. The molecule has 0 unspecified atom stereocenters. The lowest BCUT2D eigenvalue weighted by Gasteiger charge is -2.34. The Morgan fingerprint density at radius 2 is 1.86 bits per heavy atom. The van der Waals surface area contributed by atoms with E-state index >= 15 is 0 Å². The second kappa shape index (κ2) is 7.60. The highest BCUT2D eigenvalue weighted by Gasteiger charge is 2.46. The first-order chi connectivity index (χ1) is 13.1. The average Bonchev–Trinajstić information content (AvgIpc) is 3.41. The van der Waals surface area contributed by atoms with Crippen LogP contribution in [0, 0.1) is 11.7 Å². The van der Waals surface area contributed by atoms with Gasteiger partial charge in [-0.1, -0.05) is 6.07 Å². The van der Waals surface area contributed by atoms with Crippen LogP contribution in [-0.4, -0.2) is 37.9 Å². The van der Waals surface area contributed by atoms with E-state index < -0.39 is 17.2 Å². The molecule has 154 valence electrons. The number of carbonyl (C=O) groups excluding carboxylic acids is 2. The topological polar surface area (TPSA) is 67.9 Å². The third-order valence-corrected chi connectivity index (χ3v) is 5.35. The number of anilines is 1. The molecule has 0 spiro atoms. The summed E-state index contributed by atoms with van der Waals surface area (Å²) in [6.07, 6.45) is 2.31. The van der Waals surface area contributed by atoms with Gasteiger partial charge in [-0.05, 0) is 64.2 Å². The summed E-state index contributed by atoms with van der Waals surface area (Å²) in [5, 5.41) is 2.80. The van der Waals surface area contributed by atoms with Gasteiger partial charge in [-0.2, -0.15) is 0 Å². The van der Waals surface area contributed by atoms with Gasteiger partial charge in [0.1, 0.15) is 11.4 Å². The normalized spacial score (nSPS) is 19.1. The molecule has 7 heteroatoms. The lowest BCUT2D eigenvalue weighted by Crippen LogP contribution is -2.39. The van der Waals surface area contributed by atoms with E-state index in [4.69, 9.17) is 4.74 Å². The van der Waals surface area contributed by atoms with E-state index in [0.717, 1.165) is 18.4 Å². The van der Waals surface area contributed by atoms with E-state index in [9.17, 15) is 14.0 Å². The molecular weight excluding hydrogens is 363 g/mol. The summed E-state index contributed by atoms with van der Waals surface area (Å²) < 4.78 is 24.9. The Morgan fingerprint density at radius 3 is 2.36 bits per heavy atom. The number of piperidine rings is 1. The van der Waals surface area contributed by atoms with Gasteiger partial charge in [-0.15, -0.1) is 0 Å². The standard InChI is InChI=1S/C21H29FN2O4/c1-20(2,3)28-18(25)14-7-11-24(12-8-14)17-6-5-15(13-16(17)22)21(9-10-21)23-19(26)27-4/h5-6,13-14H,7-12H2,1-4H3,(H,23,26). The zero-order valence-electron chi connectivity index (χ0n) is 17.0. The molecule has 1 aliphatic carbocycles.